The number of hydrogen-bond acceptors (Lipinski definition) is 3. The van der Waals surface area contributed by atoms with Crippen LogP contribution in [-0.2, 0) is 6.54 Å². The van der Waals surface area contributed by atoms with Gasteiger partial charge >= 0.3 is 0 Å². The van der Waals surface area contributed by atoms with Crippen LogP contribution in [0.1, 0.15) is 21.5 Å². The van der Waals surface area contributed by atoms with E-state index in [-0.39, 0.29) is 11.5 Å². The number of nitrogens with one attached hydrogen (secondary N) is 1. The van der Waals surface area contributed by atoms with Crippen molar-refractivity contribution in [2.24, 2.45) is 0 Å². The zero-order valence-corrected chi connectivity index (χ0v) is 14.7. The summed E-state index contributed by atoms with van der Waals surface area (Å²) in [5.41, 5.74) is 3.06. The monoisotopic (exact) mass is 348 g/mol. The molecule has 0 aliphatic rings. The minimum atomic E-state index is -0.282. The van der Waals surface area contributed by atoms with Crippen LogP contribution < -0.4 is 15.6 Å². The minimum absolute atomic E-state index is 0.150. The molecule has 0 unspecified atom stereocenters. The minimum Gasteiger partial charge on any atom is -0.497 e. The Morgan fingerprint density at radius 1 is 1.08 bits per heavy atom. The summed E-state index contributed by atoms with van der Waals surface area (Å²) in [5, 5.41) is 2.82. The van der Waals surface area contributed by atoms with E-state index in [0.29, 0.717) is 23.5 Å². The quantitative estimate of drug-likeness (QED) is 0.768. The van der Waals surface area contributed by atoms with Gasteiger partial charge in [0.25, 0.3) is 11.5 Å². The van der Waals surface area contributed by atoms with Gasteiger partial charge < -0.3 is 14.6 Å². The lowest BCUT2D eigenvalue weighted by atomic mass is 10.1. The van der Waals surface area contributed by atoms with Crippen molar-refractivity contribution >= 4 is 11.6 Å². The maximum atomic E-state index is 12.5. The molecule has 3 rings (SSSR count). The van der Waals surface area contributed by atoms with Crippen molar-refractivity contribution in [3.63, 3.8) is 0 Å². The number of carbonyl (C=O) groups excluding carboxylic acids is 1. The van der Waals surface area contributed by atoms with Gasteiger partial charge in [0.1, 0.15) is 5.75 Å². The average Bonchev–Trinajstić information content (AvgIpc) is 2.65. The van der Waals surface area contributed by atoms with Gasteiger partial charge in [-0.15, -0.1) is 0 Å². The van der Waals surface area contributed by atoms with Crippen LogP contribution in [-0.4, -0.2) is 17.6 Å². The Morgan fingerprint density at radius 2 is 1.85 bits per heavy atom. The fraction of sp³-hybridized carbons (Fsp3) is 0.143. The standard InChI is InChI=1S/C21H20N2O3/c1-15-6-8-16(9-7-15)13-23-14-17(10-11-20(23)24)21(25)22-18-4-3-5-19(12-18)26-2/h3-12,14H,13H2,1-2H3,(H,22,25). The summed E-state index contributed by atoms with van der Waals surface area (Å²) >= 11 is 0. The molecule has 0 aliphatic heterocycles. The van der Waals surface area contributed by atoms with Crippen molar-refractivity contribution in [2.45, 2.75) is 13.5 Å². The normalized spacial score (nSPS) is 10.4. The molecule has 1 aromatic heterocycles. The number of methoxy groups -OCH3 is 1. The number of ether oxygens (including phenoxy) is 1. The zero-order chi connectivity index (χ0) is 18.5. The van der Waals surface area contributed by atoms with Gasteiger partial charge in [0.15, 0.2) is 0 Å². The Kier molecular flexibility index (Phi) is 5.17. The van der Waals surface area contributed by atoms with Gasteiger partial charge in [0.2, 0.25) is 0 Å². The Bertz CT molecular complexity index is 975. The van der Waals surface area contributed by atoms with E-state index in [1.165, 1.54) is 16.7 Å². The first-order chi connectivity index (χ1) is 12.5. The smallest absolute Gasteiger partial charge is 0.257 e. The molecule has 26 heavy (non-hydrogen) atoms. The van der Waals surface area contributed by atoms with Crippen molar-refractivity contribution < 1.29 is 9.53 Å². The number of rotatable bonds is 5. The molecule has 5 heteroatoms. The third kappa shape index (κ3) is 4.19. The van der Waals surface area contributed by atoms with Crippen LogP contribution in [0.3, 0.4) is 0 Å². The molecule has 0 spiro atoms. The maximum Gasteiger partial charge on any atom is 0.257 e. The molecule has 132 valence electrons. The first-order valence-electron chi connectivity index (χ1n) is 8.26. The predicted molar refractivity (Wildman–Crippen MR) is 102 cm³/mol. The van der Waals surface area contributed by atoms with E-state index in [0.717, 1.165) is 11.1 Å². The van der Waals surface area contributed by atoms with Gasteiger partial charge in [-0.25, -0.2) is 0 Å². The van der Waals surface area contributed by atoms with E-state index in [1.807, 2.05) is 31.2 Å². The number of benzene rings is 2. The molecule has 0 aliphatic carbocycles. The molecule has 0 bridgehead atoms. The van der Waals surface area contributed by atoms with Crippen molar-refractivity contribution in [2.75, 3.05) is 12.4 Å². The number of nitrogens with zero attached hydrogens (tertiary/aromatic N) is 1. The van der Waals surface area contributed by atoms with Crippen LogP contribution in [0, 0.1) is 6.92 Å². The second kappa shape index (κ2) is 7.70. The summed E-state index contributed by atoms with van der Waals surface area (Å²) in [6, 6.07) is 18.0. The van der Waals surface area contributed by atoms with E-state index < -0.39 is 0 Å². The van der Waals surface area contributed by atoms with Crippen molar-refractivity contribution in [3.05, 3.63) is 93.9 Å². The summed E-state index contributed by atoms with van der Waals surface area (Å²) in [6.45, 7) is 2.43. The molecule has 2 aromatic carbocycles. The first kappa shape index (κ1) is 17.5. The lowest BCUT2D eigenvalue weighted by Gasteiger charge is -2.10. The van der Waals surface area contributed by atoms with Crippen molar-refractivity contribution in [1.82, 2.24) is 4.57 Å². The van der Waals surface area contributed by atoms with E-state index in [2.05, 4.69) is 5.32 Å². The molecular weight excluding hydrogens is 328 g/mol. The molecule has 0 radical (unpaired) electrons. The Hall–Kier alpha value is -3.34. The summed E-state index contributed by atoms with van der Waals surface area (Å²) in [6.07, 6.45) is 1.58. The van der Waals surface area contributed by atoms with Crippen LogP contribution in [0.2, 0.25) is 0 Å². The summed E-state index contributed by atoms with van der Waals surface area (Å²) < 4.78 is 6.69. The molecule has 5 nitrogen and oxygen atoms in total. The van der Waals surface area contributed by atoms with Gasteiger partial charge in [-0.2, -0.15) is 0 Å². The topological polar surface area (TPSA) is 60.3 Å². The number of aromatic nitrogens is 1. The number of hydrogen-bond donors (Lipinski definition) is 1. The molecule has 0 saturated heterocycles. The highest BCUT2D eigenvalue weighted by atomic mass is 16.5. The van der Waals surface area contributed by atoms with Crippen LogP contribution in [0.15, 0.2) is 71.7 Å². The first-order valence-corrected chi connectivity index (χ1v) is 8.26. The molecule has 1 amide bonds. The molecule has 0 fully saturated rings. The third-order valence-corrected chi connectivity index (χ3v) is 4.05. The van der Waals surface area contributed by atoms with E-state index in [1.54, 1.807) is 37.6 Å². The van der Waals surface area contributed by atoms with Gasteiger partial charge in [0, 0.05) is 24.0 Å². The van der Waals surface area contributed by atoms with Crippen molar-refractivity contribution in [1.29, 1.82) is 0 Å². The number of carbonyl (C=O) groups is 1. The highest BCUT2D eigenvalue weighted by Crippen LogP contribution is 2.17. The van der Waals surface area contributed by atoms with Gasteiger partial charge in [-0.1, -0.05) is 35.9 Å². The second-order valence-corrected chi connectivity index (χ2v) is 6.06. The van der Waals surface area contributed by atoms with Crippen LogP contribution in [0.4, 0.5) is 5.69 Å². The lowest BCUT2D eigenvalue weighted by Crippen LogP contribution is -2.22. The Labute approximate surface area is 151 Å². The number of pyridine rings is 1. The van der Waals surface area contributed by atoms with Crippen LogP contribution >= 0.6 is 0 Å². The predicted octanol–water partition coefficient (Wildman–Crippen LogP) is 3.47. The third-order valence-electron chi connectivity index (χ3n) is 4.05. The van der Waals surface area contributed by atoms with E-state index in [4.69, 9.17) is 4.74 Å². The van der Waals surface area contributed by atoms with Gasteiger partial charge in [0.05, 0.1) is 19.2 Å². The maximum absolute atomic E-state index is 12.5. The largest absolute Gasteiger partial charge is 0.497 e. The zero-order valence-electron chi connectivity index (χ0n) is 14.7. The molecule has 0 saturated carbocycles. The van der Waals surface area contributed by atoms with Crippen LogP contribution in [0.5, 0.6) is 5.75 Å². The summed E-state index contributed by atoms with van der Waals surface area (Å²) in [7, 11) is 1.57. The Morgan fingerprint density at radius 3 is 2.58 bits per heavy atom. The molecule has 0 atom stereocenters. The number of anilines is 1. The van der Waals surface area contributed by atoms with E-state index in [9.17, 15) is 9.59 Å². The highest BCUT2D eigenvalue weighted by Gasteiger charge is 2.09. The molecule has 1 N–H and O–H groups in total. The van der Waals surface area contributed by atoms with Gasteiger partial charge in [-0.3, -0.25) is 9.59 Å². The average molecular weight is 348 g/mol. The number of aryl methyl sites for hydroxylation is 1. The fourth-order valence-corrected chi connectivity index (χ4v) is 2.58. The molecular formula is C21H20N2O3. The van der Waals surface area contributed by atoms with Crippen LogP contribution in [0.25, 0.3) is 0 Å². The second-order valence-electron chi connectivity index (χ2n) is 6.06. The lowest BCUT2D eigenvalue weighted by molar-refractivity contribution is 0.102. The number of amides is 1. The summed E-state index contributed by atoms with van der Waals surface area (Å²) in [4.78, 5) is 24.6. The Balaban J connectivity index is 1.80. The molecule has 3 aromatic rings. The fourth-order valence-electron chi connectivity index (χ4n) is 2.58. The van der Waals surface area contributed by atoms with Crippen molar-refractivity contribution in [3.8, 4) is 5.75 Å². The van der Waals surface area contributed by atoms with Gasteiger partial charge in [-0.05, 0) is 30.7 Å². The summed E-state index contributed by atoms with van der Waals surface area (Å²) in [5.74, 6) is 0.378. The highest BCUT2D eigenvalue weighted by molar-refractivity contribution is 6.04. The van der Waals surface area contributed by atoms with E-state index >= 15 is 0 Å². The SMILES string of the molecule is COc1cccc(NC(=O)c2ccc(=O)n(Cc3ccc(C)cc3)c2)c1. The molecule has 1 heterocycles.